The van der Waals surface area contributed by atoms with Gasteiger partial charge in [0.15, 0.2) is 11.6 Å². The van der Waals surface area contributed by atoms with Crippen molar-refractivity contribution < 1.29 is 13.9 Å². The molecule has 1 radical (unpaired) electrons. The van der Waals surface area contributed by atoms with Gasteiger partial charge in [0.1, 0.15) is 5.01 Å². The number of nitriles is 1. The fourth-order valence-electron chi connectivity index (χ4n) is 2.76. The van der Waals surface area contributed by atoms with Gasteiger partial charge in [-0.1, -0.05) is 6.92 Å². The second-order valence-corrected chi connectivity index (χ2v) is 6.93. The molecular weight excluding hydrogens is 379 g/mol. The van der Waals surface area contributed by atoms with Gasteiger partial charge in [0, 0.05) is 17.7 Å². The van der Waals surface area contributed by atoms with Crippen LogP contribution in [0.25, 0.3) is 31.8 Å². The van der Waals surface area contributed by atoms with Crippen molar-refractivity contribution in [3.8, 4) is 28.3 Å². The number of fused-ring (bicyclic) bond motifs is 2. The molecule has 0 fully saturated rings. The van der Waals surface area contributed by atoms with Gasteiger partial charge in [-0.05, 0) is 18.6 Å². The highest BCUT2D eigenvalue weighted by molar-refractivity contribution is 7.21. The predicted molar refractivity (Wildman–Crippen MR) is 105 cm³/mol. The molecule has 0 unspecified atom stereocenters. The third-order valence-corrected chi connectivity index (χ3v) is 5.09. The molecule has 0 amide bonds. The minimum absolute atomic E-state index is 0.181. The maximum Gasteiger partial charge on any atom is 0.232 e. The van der Waals surface area contributed by atoms with Crippen LogP contribution in [0, 0.1) is 23.6 Å². The second-order valence-electron chi connectivity index (χ2n) is 5.90. The van der Waals surface area contributed by atoms with Gasteiger partial charge in [-0.15, -0.1) is 11.3 Å². The van der Waals surface area contributed by atoms with Crippen molar-refractivity contribution in [2.24, 2.45) is 0 Å². The maximum absolute atomic E-state index is 14.3. The van der Waals surface area contributed by atoms with Crippen LogP contribution in [-0.2, 0) is 0 Å². The van der Waals surface area contributed by atoms with Gasteiger partial charge in [-0.25, -0.2) is 19.3 Å². The lowest BCUT2D eigenvalue weighted by Gasteiger charge is -2.05. The van der Waals surface area contributed by atoms with E-state index in [1.54, 1.807) is 24.6 Å². The van der Waals surface area contributed by atoms with E-state index in [0.717, 1.165) is 4.70 Å². The summed E-state index contributed by atoms with van der Waals surface area (Å²) < 4.78 is 25.6. The largest absolute Gasteiger partial charge is 0.490 e. The molecule has 4 aromatic rings. The summed E-state index contributed by atoms with van der Waals surface area (Å²) in [4.78, 5) is 13.3. The molecule has 0 saturated carbocycles. The summed E-state index contributed by atoms with van der Waals surface area (Å²) >= 11 is 1.37. The summed E-state index contributed by atoms with van der Waals surface area (Å²) in [5, 5.41) is 9.99. The number of benzene rings is 2. The van der Waals surface area contributed by atoms with Crippen LogP contribution >= 0.6 is 11.3 Å². The molecule has 2 aromatic carbocycles. The van der Waals surface area contributed by atoms with Gasteiger partial charge in [0.05, 0.1) is 52.8 Å². The van der Waals surface area contributed by atoms with Crippen LogP contribution in [0.5, 0.6) is 11.6 Å². The van der Waals surface area contributed by atoms with Gasteiger partial charge >= 0.3 is 0 Å². The zero-order chi connectivity index (χ0) is 19.7. The van der Waals surface area contributed by atoms with Gasteiger partial charge in [-0.3, -0.25) is 0 Å². The van der Waals surface area contributed by atoms with E-state index in [-0.39, 0.29) is 5.75 Å². The van der Waals surface area contributed by atoms with Crippen molar-refractivity contribution in [1.29, 1.82) is 5.26 Å². The molecule has 0 spiro atoms. The molecule has 0 aliphatic heterocycles. The average Bonchev–Trinajstić information content (AvgIpc) is 3.13. The first-order chi connectivity index (χ1) is 13.6. The lowest BCUT2D eigenvalue weighted by atomic mass is 10.1. The molecule has 6 nitrogen and oxygen atoms in total. The molecule has 0 bridgehead atoms. The Labute approximate surface area is 164 Å². The van der Waals surface area contributed by atoms with Crippen molar-refractivity contribution in [3.05, 3.63) is 48.3 Å². The molecule has 0 aliphatic carbocycles. The third-order valence-electron chi connectivity index (χ3n) is 4.04. The van der Waals surface area contributed by atoms with Crippen LogP contribution < -0.4 is 9.47 Å². The number of rotatable bonds is 5. The quantitative estimate of drug-likeness (QED) is 0.496. The van der Waals surface area contributed by atoms with Gasteiger partial charge in [0.25, 0.3) is 0 Å². The van der Waals surface area contributed by atoms with Gasteiger partial charge < -0.3 is 9.47 Å². The average molecular weight is 393 g/mol. The first-order valence-electron chi connectivity index (χ1n) is 8.39. The molecule has 28 heavy (non-hydrogen) atoms. The SMILES string of the molecule is C[CH]COc1cc2sc(-c3cc(C#N)cc4nc(OC)cnc34)nc2cc1F. The van der Waals surface area contributed by atoms with Crippen molar-refractivity contribution in [1.82, 2.24) is 15.0 Å². The van der Waals surface area contributed by atoms with Crippen LogP contribution in [0.4, 0.5) is 4.39 Å². The van der Waals surface area contributed by atoms with E-state index in [4.69, 9.17) is 9.47 Å². The summed E-state index contributed by atoms with van der Waals surface area (Å²) in [5.41, 5.74) is 2.73. The predicted octanol–water partition coefficient (Wildman–Crippen LogP) is 4.53. The number of hydrogen-bond donors (Lipinski definition) is 0. The van der Waals surface area contributed by atoms with E-state index in [2.05, 4.69) is 21.0 Å². The molecule has 8 heteroatoms. The molecule has 0 N–H and O–H groups in total. The topological polar surface area (TPSA) is 80.9 Å². The molecule has 4 rings (SSSR count). The number of thiazole rings is 1. The number of ether oxygens (including phenoxy) is 2. The molecule has 2 heterocycles. The van der Waals surface area contributed by atoms with Gasteiger partial charge in [0.2, 0.25) is 5.88 Å². The Bertz CT molecular complexity index is 1230. The van der Waals surface area contributed by atoms with Crippen molar-refractivity contribution in [2.75, 3.05) is 13.7 Å². The number of methoxy groups -OCH3 is 1. The molecule has 0 atom stereocenters. The van der Waals surface area contributed by atoms with Crippen LogP contribution in [0.3, 0.4) is 0 Å². The zero-order valence-corrected chi connectivity index (χ0v) is 15.9. The highest BCUT2D eigenvalue weighted by Gasteiger charge is 2.16. The normalized spacial score (nSPS) is 10.9. The van der Waals surface area contributed by atoms with E-state index in [9.17, 15) is 9.65 Å². The first-order valence-corrected chi connectivity index (χ1v) is 9.20. The van der Waals surface area contributed by atoms with E-state index >= 15 is 0 Å². The summed E-state index contributed by atoms with van der Waals surface area (Å²) in [6.07, 6.45) is 3.31. The summed E-state index contributed by atoms with van der Waals surface area (Å²) in [7, 11) is 1.50. The Morgan fingerprint density at radius 3 is 2.82 bits per heavy atom. The molecule has 2 aromatic heterocycles. The number of hydrogen-bond acceptors (Lipinski definition) is 7. The van der Waals surface area contributed by atoms with Crippen molar-refractivity contribution in [3.63, 3.8) is 0 Å². The lowest BCUT2D eigenvalue weighted by Crippen LogP contribution is -1.97. The Hall–Kier alpha value is -3.31. The number of nitrogens with zero attached hydrogens (tertiary/aromatic N) is 4. The van der Waals surface area contributed by atoms with Crippen LogP contribution in [0.2, 0.25) is 0 Å². The fraction of sp³-hybridized carbons (Fsp3) is 0.150. The Morgan fingerprint density at radius 1 is 1.21 bits per heavy atom. The zero-order valence-electron chi connectivity index (χ0n) is 15.1. The molecule has 139 valence electrons. The smallest absolute Gasteiger partial charge is 0.232 e. The summed E-state index contributed by atoms with van der Waals surface area (Å²) in [6.45, 7) is 2.16. The van der Waals surface area contributed by atoms with Gasteiger partial charge in [-0.2, -0.15) is 5.26 Å². The molecular formula is C20H14FN4O2S. The standard InChI is InChI=1S/C20H14FN4O2S/c1-3-4-27-16-8-17-14(7-13(16)21)25-20(28-17)12-5-11(9-22)6-15-19(12)23-10-18(24-15)26-2/h3,5-8,10H,4H2,1-2H3. The molecule has 0 aliphatic rings. The number of halogens is 1. The van der Waals surface area contributed by atoms with E-state index in [0.29, 0.717) is 45.2 Å². The summed E-state index contributed by atoms with van der Waals surface area (Å²) in [5.74, 6) is 0.0711. The van der Waals surface area contributed by atoms with E-state index in [1.165, 1.54) is 30.7 Å². The molecule has 0 saturated heterocycles. The van der Waals surface area contributed by atoms with Crippen LogP contribution in [0.1, 0.15) is 12.5 Å². The monoisotopic (exact) mass is 393 g/mol. The fourth-order valence-corrected chi connectivity index (χ4v) is 3.75. The highest BCUT2D eigenvalue weighted by atomic mass is 32.1. The Kier molecular flexibility index (Phi) is 4.75. The third kappa shape index (κ3) is 3.21. The maximum atomic E-state index is 14.3. The van der Waals surface area contributed by atoms with Crippen molar-refractivity contribution in [2.45, 2.75) is 6.92 Å². The lowest BCUT2D eigenvalue weighted by molar-refractivity contribution is 0.330. The first kappa shape index (κ1) is 18.1. The Morgan fingerprint density at radius 2 is 2.07 bits per heavy atom. The van der Waals surface area contributed by atoms with Crippen molar-refractivity contribution >= 4 is 32.6 Å². The number of aromatic nitrogens is 3. The van der Waals surface area contributed by atoms with Crippen LogP contribution in [-0.4, -0.2) is 28.7 Å². The minimum Gasteiger partial charge on any atom is -0.490 e. The second kappa shape index (κ2) is 7.37. The van der Waals surface area contributed by atoms with Crippen LogP contribution in [0.15, 0.2) is 30.5 Å². The Balaban J connectivity index is 1.89. The van der Waals surface area contributed by atoms with E-state index in [1.807, 2.05) is 6.92 Å². The minimum atomic E-state index is -0.466. The highest BCUT2D eigenvalue weighted by Crippen LogP contribution is 2.37. The van der Waals surface area contributed by atoms with E-state index < -0.39 is 5.82 Å². The summed E-state index contributed by atoms with van der Waals surface area (Å²) in [6, 6.07) is 8.48.